The molecule has 5 nitrogen and oxygen atoms in total. The number of carbonyl (C=O) groups is 2. The number of amides is 2. The SMILES string of the molecule is O=C(C[NH+]1CCN(C(=O)c2ccccc2)CC1)Nc1cc(Cl)ccc1F. The highest BCUT2D eigenvalue weighted by Gasteiger charge is 2.26. The van der Waals surface area contributed by atoms with Crippen LogP contribution in [0.5, 0.6) is 0 Å². The van der Waals surface area contributed by atoms with Gasteiger partial charge in [0.15, 0.2) is 6.54 Å². The molecule has 0 saturated carbocycles. The topological polar surface area (TPSA) is 53.9 Å². The Labute approximate surface area is 156 Å². The van der Waals surface area contributed by atoms with E-state index in [2.05, 4.69) is 5.32 Å². The standard InChI is InChI=1S/C19H19ClFN3O2/c20-15-6-7-16(21)17(12-15)22-18(25)13-23-8-10-24(11-9-23)19(26)14-4-2-1-3-5-14/h1-7,12H,8-11,13H2,(H,22,25)/p+1. The lowest BCUT2D eigenvalue weighted by molar-refractivity contribution is -0.895. The van der Waals surface area contributed by atoms with Gasteiger partial charge in [0.05, 0.1) is 31.9 Å². The first kappa shape index (κ1) is 18.4. The summed E-state index contributed by atoms with van der Waals surface area (Å²) in [5.41, 5.74) is 0.755. The van der Waals surface area contributed by atoms with Gasteiger partial charge in [0.25, 0.3) is 11.8 Å². The number of piperazine rings is 1. The molecule has 2 aromatic carbocycles. The molecule has 1 fully saturated rings. The van der Waals surface area contributed by atoms with Crippen LogP contribution in [0.25, 0.3) is 0 Å². The minimum absolute atomic E-state index is 0.00935. The summed E-state index contributed by atoms with van der Waals surface area (Å²) in [5, 5.41) is 2.92. The minimum Gasteiger partial charge on any atom is -0.327 e. The zero-order valence-electron chi connectivity index (χ0n) is 14.2. The van der Waals surface area contributed by atoms with Gasteiger partial charge in [0, 0.05) is 10.6 Å². The Morgan fingerprint density at radius 1 is 1.12 bits per heavy atom. The van der Waals surface area contributed by atoms with Crippen LogP contribution in [-0.2, 0) is 4.79 Å². The second-order valence-corrected chi connectivity index (χ2v) is 6.69. The molecule has 0 radical (unpaired) electrons. The highest BCUT2D eigenvalue weighted by Crippen LogP contribution is 2.19. The van der Waals surface area contributed by atoms with Gasteiger partial charge in [-0.1, -0.05) is 29.8 Å². The van der Waals surface area contributed by atoms with E-state index < -0.39 is 5.82 Å². The summed E-state index contributed by atoms with van der Waals surface area (Å²) in [7, 11) is 0. The number of benzene rings is 2. The molecule has 1 aliphatic rings. The van der Waals surface area contributed by atoms with Crippen LogP contribution in [0.4, 0.5) is 10.1 Å². The molecule has 26 heavy (non-hydrogen) atoms. The van der Waals surface area contributed by atoms with Gasteiger partial charge in [-0.15, -0.1) is 0 Å². The van der Waals surface area contributed by atoms with Crippen molar-refractivity contribution in [1.29, 1.82) is 0 Å². The predicted octanol–water partition coefficient (Wildman–Crippen LogP) is 1.46. The van der Waals surface area contributed by atoms with Gasteiger partial charge in [-0.05, 0) is 30.3 Å². The molecular weight excluding hydrogens is 357 g/mol. The summed E-state index contributed by atoms with van der Waals surface area (Å²) in [6.07, 6.45) is 0. The summed E-state index contributed by atoms with van der Waals surface area (Å²) in [6, 6.07) is 13.2. The van der Waals surface area contributed by atoms with Crippen molar-refractivity contribution in [3.05, 3.63) is 64.9 Å². The minimum atomic E-state index is -0.518. The fourth-order valence-corrected chi connectivity index (χ4v) is 3.15. The quantitative estimate of drug-likeness (QED) is 0.848. The molecule has 1 saturated heterocycles. The van der Waals surface area contributed by atoms with E-state index in [0.717, 1.165) is 4.90 Å². The number of rotatable bonds is 4. The lowest BCUT2D eigenvalue weighted by Gasteiger charge is -2.32. The normalized spacial score (nSPS) is 14.9. The van der Waals surface area contributed by atoms with Crippen molar-refractivity contribution in [3.8, 4) is 0 Å². The zero-order valence-corrected chi connectivity index (χ0v) is 14.9. The Morgan fingerprint density at radius 2 is 1.81 bits per heavy atom. The van der Waals surface area contributed by atoms with Crippen molar-refractivity contribution in [2.45, 2.75) is 0 Å². The van der Waals surface area contributed by atoms with Crippen LogP contribution in [0.3, 0.4) is 0 Å². The van der Waals surface area contributed by atoms with Crippen LogP contribution in [0.15, 0.2) is 48.5 Å². The smallest absolute Gasteiger partial charge is 0.279 e. The fourth-order valence-electron chi connectivity index (χ4n) is 2.98. The summed E-state index contributed by atoms with van der Waals surface area (Å²) < 4.78 is 13.7. The third kappa shape index (κ3) is 4.59. The fraction of sp³-hybridized carbons (Fsp3) is 0.263. The van der Waals surface area contributed by atoms with E-state index in [9.17, 15) is 14.0 Å². The summed E-state index contributed by atoms with van der Waals surface area (Å²) in [6.45, 7) is 2.73. The average molecular weight is 377 g/mol. The molecule has 2 aromatic rings. The molecule has 0 bridgehead atoms. The maximum atomic E-state index is 13.7. The van der Waals surface area contributed by atoms with Crippen LogP contribution in [0, 0.1) is 5.82 Å². The van der Waals surface area contributed by atoms with E-state index in [1.165, 1.54) is 18.2 Å². The maximum absolute atomic E-state index is 13.7. The van der Waals surface area contributed by atoms with Gasteiger partial charge in [0.1, 0.15) is 5.82 Å². The molecule has 0 unspecified atom stereocenters. The van der Waals surface area contributed by atoms with Gasteiger partial charge in [-0.2, -0.15) is 0 Å². The number of hydrogen-bond donors (Lipinski definition) is 2. The van der Waals surface area contributed by atoms with E-state index in [1.54, 1.807) is 17.0 Å². The summed E-state index contributed by atoms with van der Waals surface area (Å²) in [5.74, 6) is -0.782. The Bertz CT molecular complexity index is 793. The Balaban J connectivity index is 1.50. The first-order valence-corrected chi connectivity index (χ1v) is 8.83. The summed E-state index contributed by atoms with van der Waals surface area (Å²) in [4.78, 5) is 27.4. The largest absolute Gasteiger partial charge is 0.327 e. The van der Waals surface area contributed by atoms with Gasteiger partial charge >= 0.3 is 0 Å². The van der Waals surface area contributed by atoms with E-state index >= 15 is 0 Å². The zero-order chi connectivity index (χ0) is 18.5. The maximum Gasteiger partial charge on any atom is 0.279 e. The summed E-state index contributed by atoms with van der Waals surface area (Å²) >= 11 is 5.83. The molecule has 2 N–H and O–H groups in total. The van der Waals surface area contributed by atoms with Crippen molar-refractivity contribution in [2.24, 2.45) is 0 Å². The van der Waals surface area contributed by atoms with Crippen LogP contribution < -0.4 is 10.2 Å². The molecule has 0 aromatic heterocycles. The highest BCUT2D eigenvalue weighted by atomic mass is 35.5. The number of quaternary nitrogens is 1. The predicted molar refractivity (Wildman–Crippen MR) is 97.9 cm³/mol. The van der Waals surface area contributed by atoms with Gasteiger partial charge in [-0.25, -0.2) is 4.39 Å². The van der Waals surface area contributed by atoms with Gasteiger partial charge in [-0.3, -0.25) is 9.59 Å². The van der Waals surface area contributed by atoms with Crippen molar-refractivity contribution in [2.75, 3.05) is 38.0 Å². The van der Waals surface area contributed by atoms with E-state index in [-0.39, 0.29) is 24.0 Å². The average Bonchev–Trinajstić information content (AvgIpc) is 2.65. The number of anilines is 1. The molecule has 0 spiro atoms. The van der Waals surface area contributed by atoms with Gasteiger partial charge in [0.2, 0.25) is 0 Å². The second kappa shape index (κ2) is 8.29. The lowest BCUT2D eigenvalue weighted by atomic mass is 10.2. The van der Waals surface area contributed by atoms with Crippen molar-refractivity contribution in [3.63, 3.8) is 0 Å². The number of halogens is 2. The van der Waals surface area contributed by atoms with Crippen LogP contribution in [0.1, 0.15) is 10.4 Å². The van der Waals surface area contributed by atoms with E-state index in [1.807, 2.05) is 18.2 Å². The molecule has 0 atom stereocenters. The third-order valence-electron chi connectivity index (χ3n) is 4.39. The monoisotopic (exact) mass is 376 g/mol. The highest BCUT2D eigenvalue weighted by molar-refractivity contribution is 6.30. The van der Waals surface area contributed by atoms with E-state index in [4.69, 9.17) is 11.6 Å². The Kier molecular flexibility index (Phi) is 5.85. The first-order chi connectivity index (χ1) is 12.5. The molecule has 1 heterocycles. The molecule has 1 aliphatic heterocycles. The third-order valence-corrected chi connectivity index (χ3v) is 4.63. The molecule has 7 heteroatoms. The first-order valence-electron chi connectivity index (χ1n) is 8.46. The molecule has 0 aliphatic carbocycles. The number of carbonyl (C=O) groups excluding carboxylic acids is 2. The van der Waals surface area contributed by atoms with E-state index in [0.29, 0.717) is 36.8 Å². The van der Waals surface area contributed by atoms with Gasteiger partial charge < -0.3 is 15.1 Å². The molecular formula is C19H20ClFN3O2+. The number of nitrogens with one attached hydrogen (secondary N) is 2. The molecule has 136 valence electrons. The van der Waals surface area contributed by atoms with Crippen LogP contribution in [-0.4, -0.2) is 49.4 Å². The van der Waals surface area contributed by atoms with Crippen molar-refractivity contribution >= 4 is 29.1 Å². The van der Waals surface area contributed by atoms with Crippen LogP contribution >= 0.6 is 11.6 Å². The Morgan fingerprint density at radius 3 is 2.50 bits per heavy atom. The molecule has 3 rings (SSSR count). The number of nitrogens with zero attached hydrogens (tertiary/aromatic N) is 1. The van der Waals surface area contributed by atoms with Crippen LogP contribution in [0.2, 0.25) is 5.02 Å². The number of hydrogen-bond acceptors (Lipinski definition) is 2. The van der Waals surface area contributed by atoms with Crippen molar-refractivity contribution in [1.82, 2.24) is 4.90 Å². The molecule has 2 amide bonds. The Hall–Kier alpha value is -2.44. The second-order valence-electron chi connectivity index (χ2n) is 6.26. The van der Waals surface area contributed by atoms with Crippen molar-refractivity contribution < 1.29 is 18.9 Å². The lowest BCUT2D eigenvalue weighted by Crippen LogP contribution is -3.15.